The number of hydrogen-bond acceptors (Lipinski definition) is 3. The first kappa shape index (κ1) is 14.6. The van der Waals surface area contributed by atoms with E-state index in [1.54, 1.807) is 0 Å². The Balaban J connectivity index is 1.77. The summed E-state index contributed by atoms with van der Waals surface area (Å²) in [5.41, 5.74) is 5.70. The van der Waals surface area contributed by atoms with Gasteiger partial charge in [0.2, 0.25) is 0 Å². The molecule has 104 valence electrons. The molecule has 2 rings (SSSR count). The van der Waals surface area contributed by atoms with Gasteiger partial charge in [0.25, 0.3) is 5.91 Å². The topological polar surface area (TPSA) is 64.3 Å². The van der Waals surface area contributed by atoms with Gasteiger partial charge in [-0.1, -0.05) is 6.42 Å². The molecule has 1 amide bonds. The van der Waals surface area contributed by atoms with Crippen molar-refractivity contribution in [1.29, 1.82) is 0 Å². The van der Waals surface area contributed by atoms with Crippen LogP contribution >= 0.6 is 22.6 Å². The smallest absolute Gasteiger partial charge is 0.258 e. The predicted octanol–water partition coefficient (Wildman–Crippen LogP) is 1.91. The highest BCUT2D eigenvalue weighted by Gasteiger charge is 2.27. The lowest BCUT2D eigenvalue weighted by Gasteiger charge is -2.19. The van der Waals surface area contributed by atoms with E-state index in [4.69, 9.17) is 10.5 Å². The van der Waals surface area contributed by atoms with Gasteiger partial charge in [-0.15, -0.1) is 0 Å². The van der Waals surface area contributed by atoms with Crippen molar-refractivity contribution in [3.05, 3.63) is 27.8 Å². The molecule has 0 heterocycles. The average molecular weight is 374 g/mol. The van der Waals surface area contributed by atoms with Crippen LogP contribution in [0, 0.1) is 9.49 Å². The molecule has 3 N–H and O–H groups in total. The van der Waals surface area contributed by atoms with Crippen LogP contribution in [0.5, 0.6) is 5.75 Å². The molecule has 1 aromatic carbocycles. The Morgan fingerprint density at radius 3 is 2.79 bits per heavy atom. The molecule has 5 heteroatoms. The fourth-order valence-electron chi connectivity index (χ4n) is 2.44. The highest BCUT2D eigenvalue weighted by atomic mass is 127. The predicted molar refractivity (Wildman–Crippen MR) is 83.0 cm³/mol. The van der Waals surface area contributed by atoms with Crippen molar-refractivity contribution in [2.45, 2.75) is 25.3 Å². The number of halogens is 1. The van der Waals surface area contributed by atoms with E-state index in [1.807, 2.05) is 24.3 Å². The first-order valence-electron chi connectivity index (χ1n) is 6.57. The first-order valence-corrected chi connectivity index (χ1v) is 7.64. The van der Waals surface area contributed by atoms with Gasteiger partial charge in [0, 0.05) is 9.61 Å². The summed E-state index contributed by atoms with van der Waals surface area (Å²) in [5, 5.41) is 3.02. The van der Waals surface area contributed by atoms with Crippen LogP contribution in [0.1, 0.15) is 19.3 Å². The minimum absolute atomic E-state index is 0.0639. The Bertz CT molecular complexity index is 422. The summed E-state index contributed by atoms with van der Waals surface area (Å²) in [7, 11) is 0. The number of hydrogen-bond donors (Lipinski definition) is 2. The van der Waals surface area contributed by atoms with Crippen molar-refractivity contribution in [2.24, 2.45) is 11.7 Å². The minimum atomic E-state index is -0.0658. The third-order valence-electron chi connectivity index (χ3n) is 3.49. The number of carbonyl (C=O) groups excluding carboxylic acids is 1. The summed E-state index contributed by atoms with van der Waals surface area (Å²) >= 11 is 2.23. The Labute approximate surface area is 127 Å². The summed E-state index contributed by atoms with van der Waals surface area (Å²) in [6.07, 6.45) is 3.28. The largest absolute Gasteiger partial charge is 0.484 e. The van der Waals surface area contributed by atoms with Gasteiger partial charge in [-0.05, 0) is 72.2 Å². The Morgan fingerprint density at radius 1 is 1.37 bits per heavy atom. The van der Waals surface area contributed by atoms with Gasteiger partial charge in [0.1, 0.15) is 5.75 Å². The molecule has 1 saturated carbocycles. The van der Waals surface area contributed by atoms with Crippen LogP contribution in [0.15, 0.2) is 24.3 Å². The zero-order valence-corrected chi connectivity index (χ0v) is 12.9. The van der Waals surface area contributed by atoms with Crippen molar-refractivity contribution in [3.63, 3.8) is 0 Å². The van der Waals surface area contributed by atoms with Gasteiger partial charge >= 0.3 is 0 Å². The maximum absolute atomic E-state index is 11.8. The molecule has 1 fully saturated rings. The van der Waals surface area contributed by atoms with Gasteiger partial charge in [0.15, 0.2) is 6.61 Å². The maximum atomic E-state index is 11.8. The third-order valence-corrected chi connectivity index (χ3v) is 4.21. The van der Waals surface area contributed by atoms with E-state index >= 15 is 0 Å². The molecule has 2 unspecified atom stereocenters. The highest BCUT2D eigenvalue weighted by molar-refractivity contribution is 14.1. The van der Waals surface area contributed by atoms with Crippen molar-refractivity contribution in [2.75, 3.05) is 13.2 Å². The van der Waals surface area contributed by atoms with Crippen LogP contribution in [-0.2, 0) is 4.79 Å². The molecule has 0 aliphatic heterocycles. The third kappa shape index (κ3) is 4.35. The number of rotatable bonds is 5. The number of nitrogens with two attached hydrogens (primary N) is 1. The number of benzene rings is 1. The van der Waals surface area contributed by atoms with Crippen molar-refractivity contribution in [1.82, 2.24) is 5.32 Å². The standard InChI is InChI=1S/C14H19IN2O2/c15-11-4-6-12(7-5-11)19-9-14(18)17-13-3-1-2-10(13)8-16/h4-7,10,13H,1-3,8-9,16H2,(H,17,18). The second-order valence-electron chi connectivity index (χ2n) is 4.84. The molecule has 1 aliphatic carbocycles. The lowest BCUT2D eigenvalue weighted by atomic mass is 10.0. The van der Waals surface area contributed by atoms with Crippen LogP contribution < -0.4 is 15.8 Å². The van der Waals surface area contributed by atoms with Gasteiger partial charge in [0.05, 0.1) is 0 Å². The van der Waals surface area contributed by atoms with E-state index in [-0.39, 0.29) is 18.6 Å². The Hall–Kier alpha value is -0.820. The molecule has 0 radical (unpaired) electrons. The van der Waals surface area contributed by atoms with E-state index < -0.39 is 0 Å². The molecular weight excluding hydrogens is 355 g/mol. The van der Waals surface area contributed by atoms with E-state index in [9.17, 15) is 4.79 Å². The summed E-state index contributed by atoms with van der Waals surface area (Å²) in [6.45, 7) is 0.706. The minimum Gasteiger partial charge on any atom is -0.484 e. The fourth-order valence-corrected chi connectivity index (χ4v) is 2.80. The van der Waals surface area contributed by atoms with E-state index in [0.29, 0.717) is 12.5 Å². The van der Waals surface area contributed by atoms with Crippen LogP contribution in [-0.4, -0.2) is 25.1 Å². The van der Waals surface area contributed by atoms with E-state index in [2.05, 4.69) is 27.9 Å². The van der Waals surface area contributed by atoms with Crippen molar-refractivity contribution >= 4 is 28.5 Å². The van der Waals surface area contributed by atoms with Crippen LogP contribution in [0.25, 0.3) is 0 Å². The van der Waals surface area contributed by atoms with E-state index in [0.717, 1.165) is 28.6 Å². The van der Waals surface area contributed by atoms with Gasteiger partial charge in [-0.25, -0.2) is 0 Å². The van der Waals surface area contributed by atoms with Gasteiger partial charge in [-0.2, -0.15) is 0 Å². The molecule has 2 atom stereocenters. The molecule has 1 aromatic rings. The summed E-state index contributed by atoms with van der Waals surface area (Å²) in [4.78, 5) is 11.8. The second-order valence-corrected chi connectivity index (χ2v) is 6.09. The molecule has 0 bridgehead atoms. The maximum Gasteiger partial charge on any atom is 0.258 e. The molecule has 4 nitrogen and oxygen atoms in total. The number of ether oxygens (including phenoxy) is 1. The van der Waals surface area contributed by atoms with Gasteiger partial charge < -0.3 is 15.8 Å². The fraction of sp³-hybridized carbons (Fsp3) is 0.500. The second kappa shape index (κ2) is 7.09. The SMILES string of the molecule is NCC1CCCC1NC(=O)COc1ccc(I)cc1. The summed E-state index contributed by atoms with van der Waals surface area (Å²) in [6, 6.07) is 7.86. The monoisotopic (exact) mass is 374 g/mol. The number of nitrogens with one attached hydrogen (secondary N) is 1. The summed E-state index contributed by atoms with van der Waals surface area (Å²) < 4.78 is 6.60. The highest BCUT2D eigenvalue weighted by Crippen LogP contribution is 2.24. The Kier molecular flexibility index (Phi) is 5.45. The zero-order valence-electron chi connectivity index (χ0n) is 10.8. The van der Waals surface area contributed by atoms with Crippen molar-refractivity contribution in [3.8, 4) is 5.75 Å². The molecular formula is C14H19IN2O2. The molecule has 0 saturated heterocycles. The molecule has 19 heavy (non-hydrogen) atoms. The number of carbonyl (C=O) groups is 1. The average Bonchev–Trinajstić information content (AvgIpc) is 2.85. The van der Waals surface area contributed by atoms with Gasteiger partial charge in [-0.3, -0.25) is 4.79 Å². The molecule has 1 aliphatic rings. The van der Waals surface area contributed by atoms with Crippen LogP contribution in [0.4, 0.5) is 0 Å². The summed E-state index contributed by atoms with van der Waals surface area (Å²) in [5.74, 6) is 1.07. The van der Waals surface area contributed by atoms with Crippen molar-refractivity contribution < 1.29 is 9.53 Å². The zero-order chi connectivity index (χ0) is 13.7. The van der Waals surface area contributed by atoms with E-state index in [1.165, 1.54) is 0 Å². The Morgan fingerprint density at radius 2 is 2.11 bits per heavy atom. The number of amides is 1. The molecule has 0 spiro atoms. The quantitative estimate of drug-likeness (QED) is 0.774. The lowest BCUT2D eigenvalue weighted by molar-refractivity contribution is -0.124. The molecule has 0 aromatic heterocycles. The first-order chi connectivity index (χ1) is 9.19. The lowest BCUT2D eigenvalue weighted by Crippen LogP contribution is -2.42. The van der Waals surface area contributed by atoms with Crippen LogP contribution in [0.3, 0.4) is 0 Å². The van der Waals surface area contributed by atoms with Crippen LogP contribution in [0.2, 0.25) is 0 Å². The normalized spacial score (nSPS) is 22.2.